The molecule has 2 atom stereocenters. The summed E-state index contributed by atoms with van der Waals surface area (Å²) < 4.78 is 0. The first-order valence-electron chi connectivity index (χ1n) is 6.88. The summed E-state index contributed by atoms with van der Waals surface area (Å²) in [5.74, 6) is 0.290. The van der Waals surface area contributed by atoms with Crippen LogP contribution in [0.15, 0.2) is 47.6 Å². The van der Waals surface area contributed by atoms with Crippen LogP contribution in [0.2, 0.25) is 0 Å². The van der Waals surface area contributed by atoms with E-state index >= 15 is 0 Å². The van der Waals surface area contributed by atoms with E-state index in [1.54, 1.807) is 12.1 Å². The Hall–Kier alpha value is -0.174. The number of benzene rings is 1. The SMILES string of the molecule is C=C(C)[C@H]1CC[C@@](C)(N([O-])c2ccccc2)/C(=N/O)C1.[K+]. The first kappa shape index (κ1) is 18.9. The van der Waals surface area contributed by atoms with Gasteiger partial charge in [-0.1, -0.05) is 35.5 Å². The molecule has 1 saturated carbocycles. The van der Waals surface area contributed by atoms with Crippen LogP contribution >= 0.6 is 0 Å². The van der Waals surface area contributed by atoms with Crippen LogP contribution in [0.5, 0.6) is 0 Å². The summed E-state index contributed by atoms with van der Waals surface area (Å²) in [6.07, 6.45) is 2.13. The summed E-state index contributed by atoms with van der Waals surface area (Å²) in [5, 5.41) is 26.4. The van der Waals surface area contributed by atoms with Gasteiger partial charge < -0.3 is 15.5 Å². The fourth-order valence-electron chi connectivity index (χ4n) is 2.79. The van der Waals surface area contributed by atoms with E-state index in [9.17, 15) is 10.4 Å². The minimum absolute atomic E-state index is 0. The smallest absolute Gasteiger partial charge is 0.758 e. The maximum atomic E-state index is 12.7. The maximum Gasteiger partial charge on any atom is 1.00 e. The van der Waals surface area contributed by atoms with Gasteiger partial charge in [0.2, 0.25) is 0 Å². The molecule has 0 bridgehead atoms. The molecule has 1 aromatic rings. The van der Waals surface area contributed by atoms with Gasteiger partial charge in [0.1, 0.15) is 0 Å². The molecule has 1 aromatic carbocycles. The first-order chi connectivity index (χ1) is 9.49. The second-order valence-corrected chi connectivity index (χ2v) is 5.74. The summed E-state index contributed by atoms with van der Waals surface area (Å²) in [6, 6.07) is 9.09. The third kappa shape index (κ3) is 3.97. The third-order valence-corrected chi connectivity index (χ3v) is 4.30. The molecule has 1 aliphatic carbocycles. The number of oxime groups is 1. The minimum Gasteiger partial charge on any atom is -0.758 e. The average Bonchev–Trinajstić information content (AvgIpc) is 2.47. The average molecular weight is 312 g/mol. The van der Waals surface area contributed by atoms with Crippen molar-refractivity contribution in [2.45, 2.75) is 38.6 Å². The van der Waals surface area contributed by atoms with Crippen molar-refractivity contribution in [2.75, 3.05) is 5.06 Å². The van der Waals surface area contributed by atoms with Gasteiger partial charge in [-0.25, -0.2) is 0 Å². The second-order valence-electron chi connectivity index (χ2n) is 5.74. The summed E-state index contributed by atoms with van der Waals surface area (Å²) in [6.45, 7) is 7.79. The fraction of sp³-hybridized carbons (Fsp3) is 0.438. The Morgan fingerprint density at radius 2 is 2.05 bits per heavy atom. The number of allylic oxidation sites excluding steroid dienone is 1. The molecular formula is C16H21KN2O2. The molecule has 0 amide bonds. The van der Waals surface area contributed by atoms with Crippen LogP contribution in [-0.4, -0.2) is 16.5 Å². The summed E-state index contributed by atoms with van der Waals surface area (Å²) in [7, 11) is 0. The second kappa shape index (κ2) is 7.90. The zero-order chi connectivity index (χ0) is 14.8. The number of anilines is 1. The molecule has 0 unspecified atom stereocenters. The van der Waals surface area contributed by atoms with Gasteiger partial charge >= 0.3 is 51.4 Å². The summed E-state index contributed by atoms with van der Waals surface area (Å²) >= 11 is 0. The zero-order valence-corrected chi connectivity index (χ0v) is 16.2. The number of para-hydroxylation sites is 1. The molecule has 21 heavy (non-hydrogen) atoms. The minimum atomic E-state index is -0.790. The first-order valence-corrected chi connectivity index (χ1v) is 6.88. The summed E-state index contributed by atoms with van der Waals surface area (Å²) in [5.41, 5.74) is 1.41. The molecule has 1 fully saturated rings. The molecule has 1 N–H and O–H groups in total. The largest absolute Gasteiger partial charge is 1.00 e. The molecule has 0 aromatic heterocycles. The molecule has 0 aliphatic heterocycles. The number of hydrogen-bond acceptors (Lipinski definition) is 4. The van der Waals surface area contributed by atoms with Crippen molar-refractivity contribution in [3.63, 3.8) is 0 Å². The molecule has 0 spiro atoms. The molecule has 0 saturated heterocycles. The fourth-order valence-corrected chi connectivity index (χ4v) is 2.79. The van der Waals surface area contributed by atoms with Crippen LogP contribution in [0, 0.1) is 11.1 Å². The molecule has 108 valence electrons. The Balaban J connectivity index is 0.00000220. The molecule has 4 nitrogen and oxygen atoms in total. The Labute approximate surface area is 168 Å². The van der Waals surface area contributed by atoms with Crippen molar-refractivity contribution in [1.29, 1.82) is 0 Å². The number of hydroxylamine groups is 1. The van der Waals surface area contributed by atoms with E-state index in [2.05, 4.69) is 11.7 Å². The van der Waals surface area contributed by atoms with E-state index in [1.165, 1.54) is 0 Å². The number of rotatable bonds is 3. The molecular weight excluding hydrogens is 291 g/mol. The van der Waals surface area contributed by atoms with E-state index < -0.39 is 5.54 Å². The predicted octanol–water partition coefficient (Wildman–Crippen LogP) is 0.960. The molecule has 5 heteroatoms. The van der Waals surface area contributed by atoms with Gasteiger partial charge in [-0.05, 0) is 51.2 Å². The van der Waals surface area contributed by atoms with Crippen LogP contribution in [0.25, 0.3) is 0 Å². The van der Waals surface area contributed by atoms with E-state index in [0.29, 0.717) is 24.2 Å². The van der Waals surface area contributed by atoms with Crippen molar-refractivity contribution >= 4 is 11.4 Å². The van der Waals surface area contributed by atoms with Gasteiger partial charge in [0.05, 0.1) is 11.3 Å². The third-order valence-electron chi connectivity index (χ3n) is 4.30. The zero-order valence-electron chi connectivity index (χ0n) is 13.0. The molecule has 0 heterocycles. The Morgan fingerprint density at radius 3 is 2.57 bits per heavy atom. The molecule has 0 radical (unpaired) electrons. The van der Waals surface area contributed by atoms with Crippen molar-refractivity contribution in [1.82, 2.24) is 0 Å². The van der Waals surface area contributed by atoms with E-state index in [0.717, 1.165) is 17.1 Å². The monoisotopic (exact) mass is 312 g/mol. The van der Waals surface area contributed by atoms with E-state index in [4.69, 9.17) is 0 Å². The standard InChI is InChI=1S/C16H21N2O2.K/c1-12(2)13-9-10-16(3,15(11-13)17-19)18(20)14-7-5-4-6-8-14;/h4-8,13,19H,1,9-11H2,2-3H3;/q-1;+1/b17-15+;/t13-,16+;/m0./s1. The van der Waals surface area contributed by atoms with Crippen LogP contribution in [0.1, 0.15) is 33.1 Å². The van der Waals surface area contributed by atoms with Crippen molar-refractivity contribution in [3.8, 4) is 0 Å². The number of hydrogen-bond donors (Lipinski definition) is 1. The van der Waals surface area contributed by atoms with Crippen molar-refractivity contribution in [2.24, 2.45) is 11.1 Å². The predicted molar refractivity (Wildman–Crippen MR) is 82.1 cm³/mol. The van der Waals surface area contributed by atoms with E-state index in [-0.39, 0.29) is 57.3 Å². The Morgan fingerprint density at radius 1 is 1.43 bits per heavy atom. The van der Waals surface area contributed by atoms with Gasteiger partial charge in [-0.3, -0.25) is 0 Å². The molecule has 1 aliphatic rings. The Bertz CT molecular complexity index is 518. The topological polar surface area (TPSA) is 58.9 Å². The van der Waals surface area contributed by atoms with Crippen molar-refractivity contribution in [3.05, 3.63) is 47.7 Å². The van der Waals surface area contributed by atoms with E-state index in [1.807, 2.05) is 32.0 Å². The molecule has 2 rings (SSSR count). The van der Waals surface area contributed by atoms with Gasteiger partial charge in [0.15, 0.2) is 0 Å². The Kier molecular flexibility index (Phi) is 7.10. The maximum absolute atomic E-state index is 12.7. The van der Waals surface area contributed by atoms with Crippen molar-refractivity contribution < 1.29 is 56.6 Å². The van der Waals surface area contributed by atoms with Gasteiger partial charge in [0, 0.05) is 5.69 Å². The van der Waals surface area contributed by atoms with Crippen LogP contribution in [0.3, 0.4) is 0 Å². The summed E-state index contributed by atoms with van der Waals surface area (Å²) in [4.78, 5) is 0. The van der Waals surface area contributed by atoms with Gasteiger partial charge in [0.25, 0.3) is 0 Å². The quantitative estimate of drug-likeness (QED) is 0.391. The van der Waals surface area contributed by atoms with Crippen LogP contribution < -0.4 is 56.4 Å². The van der Waals surface area contributed by atoms with Gasteiger partial charge in [-0.15, -0.1) is 0 Å². The number of nitrogens with zero attached hydrogens (tertiary/aromatic N) is 2. The van der Waals surface area contributed by atoms with Crippen LogP contribution in [0.4, 0.5) is 5.69 Å². The van der Waals surface area contributed by atoms with Crippen LogP contribution in [-0.2, 0) is 0 Å². The van der Waals surface area contributed by atoms with Gasteiger partial charge in [-0.2, -0.15) is 0 Å². The normalized spacial score (nSPS) is 27.0.